The average molecular weight is 282 g/mol. The molecule has 112 valence electrons. The van der Waals surface area contributed by atoms with Crippen molar-refractivity contribution in [2.75, 3.05) is 32.2 Å². The Morgan fingerprint density at radius 1 is 1.30 bits per heavy atom. The van der Waals surface area contributed by atoms with Gasteiger partial charge in [0, 0.05) is 19.7 Å². The van der Waals surface area contributed by atoms with E-state index >= 15 is 0 Å². The Bertz CT molecular complexity index is 435. The smallest absolute Gasteiger partial charge is 0.292 e. The van der Waals surface area contributed by atoms with Crippen LogP contribution in [0.15, 0.2) is 18.2 Å². The van der Waals surface area contributed by atoms with Gasteiger partial charge in [-0.1, -0.05) is 19.9 Å². The summed E-state index contributed by atoms with van der Waals surface area (Å²) in [7, 11) is 1.66. The van der Waals surface area contributed by atoms with Gasteiger partial charge in [-0.2, -0.15) is 0 Å². The van der Waals surface area contributed by atoms with Crippen LogP contribution in [0.25, 0.3) is 0 Å². The topological polar surface area (TPSA) is 73.6 Å². The van der Waals surface area contributed by atoms with Crippen LogP contribution in [-0.4, -0.2) is 31.8 Å². The molecular weight excluding hydrogens is 260 g/mol. The summed E-state index contributed by atoms with van der Waals surface area (Å²) in [6.07, 6.45) is 0. The minimum absolute atomic E-state index is 0.0599. The molecule has 0 atom stereocenters. The summed E-state index contributed by atoms with van der Waals surface area (Å²) in [5, 5.41) is 13.7. The second-order valence-corrected chi connectivity index (χ2v) is 4.88. The highest BCUT2D eigenvalue weighted by Gasteiger charge is 2.13. The van der Waals surface area contributed by atoms with E-state index in [1.165, 1.54) is 6.07 Å². The Labute approximate surface area is 119 Å². The highest BCUT2D eigenvalue weighted by molar-refractivity contribution is 5.62. The molecule has 0 heterocycles. The van der Waals surface area contributed by atoms with Gasteiger partial charge in [-0.25, -0.2) is 0 Å². The van der Waals surface area contributed by atoms with Gasteiger partial charge in [-0.05, 0) is 17.5 Å². The molecular formula is C14H22N2O4. The lowest BCUT2D eigenvalue weighted by molar-refractivity contribution is -0.384. The van der Waals surface area contributed by atoms with Gasteiger partial charge in [0.25, 0.3) is 5.69 Å². The van der Waals surface area contributed by atoms with Crippen molar-refractivity contribution in [2.45, 2.75) is 20.5 Å². The molecule has 0 unspecified atom stereocenters. The maximum Gasteiger partial charge on any atom is 0.292 e. The number of nitro groups is 1. The molecule has 0 bridgehead atoms. The number of nitrogens with zero attached hydrogens (tertiary/aromatic N) is 1. The van der Waals surface area contributed by atoms with Crippen molar-refractivity contribution in [3.8, 4) is 0 Å². The third-order valence-electron chi connectivity index (χ3n) is 2.62. The Morgan fingerprint density at radius 3 is 2.60 bits per heavy atom. The fourth-order valence-electron chi connectivity index (χ4n) is 1.66. The molecule has 0 aromatic heterocycles. The van der Waals surface area contributed by atoms with Crippen LogP contribution in [0.4, 0.5) is 11.4 Å². The molecule has 1 aromatic rings. The fourth-order valence-corrected chi connectivity index (χ4v) is 1.66. The van der Waals surface area contributed by atoms with Gasteiger partial charge in [0.2, 0.25) is 0 Å². The van der Waals surface area contributed by atoms with Gasteiger partial charge in [0.1, 0.15) is 5.69 Å². The summed E-state index contributed by atoms with van der Waals surface area (Å²) in [4.78, 5) is 10.5. The van der Waals surface area contributed by atoms with Gasteiger partial charge >= 0.3 is 0 Å². The zero-order valence-corrected chi connectivity index (χ0v) is 12.2. The van der Waals surface area contributed by atoms with Crippen LogP contribution in [0.3, 0.4) is 0 Å². The molecule has 0 radical (unpaired) electrons. The van der Waals surface area contributed by atoms with Gasteiger partial charge in [0.15, 0.2) is 0 Å². The lowest BCUT2D eigenvalue weighted by Gasteiger charge is -2.08. The number of ether oxygens (including phenoxy) is 2. The number of nitrogens with one attached hydrogen (secondary N) is 1. The molecule has 0 saturated heterocycles. The third-order valence-corrected chi connectivity index (χ3v) is 2.62. The number of anilines is 1. The van der Waals surface area contributed by atoms with E-state index in [1.807, 2.05) is 6.07 Å². The minimum atomic E-state index is -0.402. The van der Waals surface area contributed by atoms with Crippen molar-refractivity contribution in [3.63, 3.8) is 0 Å². The van der Waals surface area contributed by atoms with Crippen molar-refractivity contribution in [2.24, 2.45) is 5.92 Å². The van der Waals surface area contributed by atoms with Crippen molar-refractivity contribution in [1.82, 2.24) is 0 Å². The van der Waals surface area contributed by atoms with Crippen molar-refractivity contribution in [3.05, 3.63) is 33.9 Å². The quantitative estimate of drug-likeness (QED) is 0.428. The Morgan fingerprint density at radius 2 is 2.00 bits per heavy atom. The second kappa shape index (κ2) is 8.50. The molecule has 1 aromatic carbocycles. The second-order valence-electron chi connectivity index (χ2n) is 4.88. The largest absolute Gasteiger partial charge is 0.383 e. The molecule has 6 heteroatoms. The number of hydrogen-bond donors (Lipinski definition) is 1. The van der Waals surface area contributed by atoms with E-state index in [0.29, 0.717) is 38.0 Å². The van der Waals surface area contributed by atoms with E-state index in [0.717, 1.165) is 5.56 Å². The standard InChI is InChI=1S/C14H22N2O4/c1-11(2)9-19-6-7-20-10-12-4-5-13(15-3)14(8-12)16(17)18/h4-5,8,11,15H,6-7,9-10H2,1-3H3. The van der Waals surface area contributed by atoms with Crippen LogP contribution in [0.5, 0.6) is 0 Å². The Hall–Kier alpha value is -1.66. The van der Waals surface area contributed by atoms with Gasteiger partial charge in [-0.15, -0.1) is 0 Å². The monoisotopic (exact) mass is 282 g/mol. The van der Waals surface area contributed by atoms with Crippen molar-refractivity contribution in [1.29, 1.82) is 0 Å². The molecule has 0 saturated carbocycles. The van der Waals surface area contributed by atoms with E-state index in [1.54, 1.807) is 13.1 Å². The van der Waals surface area contributed by atoms with Crippen molar-refractivity contribution >= 4 is 11.4 Å². The lowest BCUT2D eigenvalue weighted by Crippen LogP contribution is -2.08. The van der Waals surface area contributed by atoms with E-state index in [9.17, 15) is 10.1 Å². The van der Waals surface area contributed by atoms with E-state index in [-0.39, 0.29) is 5.69 Å². The van der Waals surface area contributed by atoms with Crippen LogP contribution in [0.1, 0.15) is 19.4 Å². The predicted molar refractivity (Wildman–Crippen MR) is 78.0 cm³/mol. The molecule has 6 nitrogen and oxygen atoms in total. The summed E-state index contributed by atoms with van der Waals surface area (Å²) >= 11 is 0. The summed E-state index contributed by atoms with van der Waals surface area (Å²) in [5.74, 6) is 0.506. The van der Waals surface area contributed by atoms with E-state index in [2.05, 4.69) is 19.2 Å². The van der Waals surface area contributed by atoms with Gasteiger partial charge in [-0.3, -0.25) is 10.1 Å². The molecule has 1 N–H and O–H groups in total. The number of benzene rings is 1. The Balaban J connectivity index is 2.41. The highest BCUT2D eigenvalue weighted by Crippen LogP contribution is 2.25. The highest BCUT2D eigenvalue weighted by atomic mass is 16.6. The molecule has 20 heavy (non-hydrogen) atoms. The summed E-state index contributed by atoms with van der Waals surface area (Å²) in [5.41, 5.74) is 1.34. The van der Waals surface area contributed by atoms with Crippen LogP contribution >= 0.6 is 0 Å². The van der Waals surface area contributed by atoms with Crippen LogP contribution in [-0.2, 0) is 16.1 Å². The van der Waals surface area contributed by atoms with Crippen LogP contribution in [0, 0.1) is 16.0 Å². The third kappa shape index (κ3) is 5.54. The first kappa shape index (κ1) is 16.4. The molecule has 0 fully saturated rings. The lowest BCUT2D eigenvalue weighted by atomic mass is 10.2. The van der Waals surface area contributed by atoms with Crippen LogP contribution in [0.2, 0.25) is 0 Å². The Kier molecular flexibility index (Phi) is 6.97. The summed E-state index contributed by atoms with van der Waals surface area (Å²) in [6.45, 7) is 6.25. The molecule has 0 aliphatic rings. The first-order valence-corrected chi connectivity index (χ1v) is 6.65. The molecule has 0 amide bonds. The van der Waals surface area contributed by atoms with E-state index < -0.39 is 4.92 Å². The van der Waals surface area contributed by atoms with Crippen LogP contribution < -0.4 is 5.32 Å². The summed E-state index contributed by atoms with van der Waals surface area (Å²) in [6, 6.07) is 5.03. The fraction of sp³-hybridized carbons (Fsp3) is 0.571. The molecule has 1 rings (SSSR count). The number of rotatable bonds is 9. The SMILES string of the molecule is CNc1ccc(COCCOCC(C)C)cc1[N+](=O)[O-]. The normalized spacial score (nSPS) is 10.8. The molecule has 0 spiro atoms. The predicted octanol–water partition coefficient (Wildman–Crippen LogP) is 2.83. The zero-order valence-electron chi connectivity index (χ0n) is 12.2. The first-order valence-electron chi connectivity index (χ1n) is 6.65. The van der Waals surface area contributed by atoms with Gasteiger partial charge in [0.05, 0.1) is 24.7 Å². The molecule has 0 aliphatic carbocycles. The number of hydrogen-bond acceptors (Lipinski definition) is 5. The average Bonchev–Trinajstić information content (AvgIpc) is 2.42. The minimum Gasteiger partial charge on any atom is -0.383 e. The maximum absolute atomic E-state index is 10.9. The molecule has 0 aliphatic heterocycles. The van der Waals surface area contributed by atoms with Crippen molar-refractivity contribution < 1.29 is 14.4 Å². The zero-order chi connectivity index (χ0) is 15.0. The first-order chi connectivity index (χ1) is 9.54. The summed E-state index contributed by atoms with van der Waals surface area (Å²) < 4.78 is 10.8. The van der Waals surface area contributed by atoms with E-state index in [4.69, 9.17) is 9.47 Å². The number of nitro benzene ring substituents is 1. The van der Waals surface area contributed by atoms with Gasteiger partial charge < -0.3 is 14.8 Å². The maximum atomic E-state index is 10.9.